The molecule has 28 heavy (non-hydrogen) atoms. The summed E-state index contributed by atoms with van der Waals surface area (Å²) in [7, 11) is 0. The molecule has 6 heteroatoms. The third-order valence-corrected chi connectivity index (χ3v) is 5.74. The van der Waals surface area contributed by atoms with E-state index in [4.69, 9.17) is 14.6 Å². The molecule has 2 N–H and O–H groups in total. The van der Waals surface area contributed by atoms with Crippen LogP contribution < -0.4 is 10.1 Å². The van der Waals surface area contributed by atoms with Crippen LogP contribution in [0.3, 0.4) is 0 Å². The van der Waals surface area contributed by atoms with Gasteiger partial charge in [0.15, 0.2) is 6.61 Å². The summed E-state index contributed by atoms with van der Waals surface area (Å²) >= 11 is 0. The van der Waals surface area contributed by atoms with Gasteiger partial charge in [-0.1, -0.05) is 30.3 Å². The Balaban J connectivity index is 1.57. The lowest BCUT2D eigenvalue weighted by molar-refractivity contribution is -0.139. The number of carboxylic acids is 1. The molecule has 1 amide bonds. The Morgan fingerprint density at radius 2 is 1.93 bits per heavy atom. The number of fused-ring (bicyclic) bond motifs is 1. The molecule has 146 valence electrons. The number of rotatable bonds is 5. The summed E-state index contributed by atoms with van der Waals surface area (Å²) in [6, 6.07) is 14.8. The molecule has 2 aromatic rings. The number of hydrogen-bond donors (Lipinski definition) is 2. The second kappa shape index (κ2) is 7.64. The number of hydrogen-bond acceptors (Lipinski definition) is 4. The number of benzene rings is 2. The normalized spacial score (nSPS) is 19.8. The van der Waals surface area contributed by atoms with Gasteiger partial charge in [0.1, 0.15) is 5.75 Å². The lowest BCUT2D eigenvalue weighted by Gasteiger charge is -2.39. The van der Waals surface area contributed by atoms with Crippen molar-refractivity contribution in [3.63, 3.8) is 0 Å². The molecule has 1 aliphatic carbocycles. The summed E-state index contributed by atoms with van der Waals surface area (Å²) in [6.07, 6.45) is 2.77. The molecule has 2 aliphatic rings. The van der Waals surface area contributed by atoms with Gasteiger partial charge in [-0.2, -0.15) is 0 Å². The Morgan fingerprint density at radius 1 is 1.14 bits per heavy atom. The number of ether oxygens (including phenoxy) is 2. The summed E-state index contributed by atoms with van der Waals surface area (Å²) < 4.78 is 10.8. The Kier molecular flexibility index (Phi) is 5.05. The minimum atomic E-state index is -1.06. The van der Waals surface area contributed by atoms with Crippen molar-refractivity contribution in [1.82, 2.24) is 5.32 Å². The van der Waals surface area contributed by atoms with Gasteiger partial charge in [0.05, 0.1) is 6.04 Å². The van der Waals surface area contributed by atoms with Crippen molar-refractivity contribution in [1.29, 1.82) is 0 Å². The topological polar surface area (TPSA) is 84.9 Å². The van der Waals surface area contributed by atoms with Crippen molar-refractivity contribution in [3.8, 4) is 5.75 Å². The molecule has 1 heterocycles. The second-order valence-corrected chi connectivity index (χ2v) is 7.47. The lowest BCUT2D eigenvalue weighted by atomic mass is 9.74. The molecule has 6 nitrogen and oxygen atoms in total. The van der Waals surface area contributed by atoms with Crippen LogP contribution >= 0.6 is 0 Å². The summed E-state index contributed by atoms with van der Waals surface area (Å²) in [5.74, 6) is -0.880. The monoisotopic (exact) mass is 381 g/mol. The number of aliphatic carboxylic acids is 1. The summed E-state index contributed by atoms with van der Waals surface area (Å²) in [4.78, 5) is 23.7. The molecule has 1 atom stereocenters. The Bertz CT molecular complexity index is 888. The van der Waals surface area contributed by atoms with Gasteiger partial charge in [-0.3, -0.25) is 4.79 Å². The smallest absolute Gasteiger partial charge is 0.341 e. The van der Waals surface area contributed by atoms with Crippen LogP contribution in [0, 0.1) is 5.41 Å². The van der Waals surface area contributed by atoms with E-state index >= 15 is 0 Å². The third kappa shape index (κ3) is 3.60. The fourth-order valence-corrected chi connectivity index (χ4v) is 4.35. The first-order valence-electron chi connectivity index (χ1n) is 9.48. The van der Waals surface area contributed by atoms with Crippen molar-refractivity contribution in [2.45, 2.75) is 25.3 Å². The molecule has 0 radical (unpaired) electrons. The first-order valence-corrected chi connectivity index (χ1v) is 9.48. The van der Waals surface area contributed by atoms with E-state index in [1.165, 1.54) is 11.1 Å². The van der Waals surface area contributed by atoms with E-state index in [2.05, 4.69) is 17.4 Å². The van der Waals surface area contributed by atoms with Crippen molar-refractivity contribution in [2.75, 3.05) is 19.8 Å². The van der Waals surface area contributed by atoms with E-state index in [0.29, 0.717) is 24.5 Å². The number of nitrogens with one attached hydrogen (secondary N) is 1. The highest BCUT2D eigenvalue weighted by molar-refractivity contribution is 5.95. The maximum absolute atomic E-state index is 13.0. The highest BCUT2D eigenvalue weighted by Gasteiger charge is 2.47. The first-order chi connectivity index (χ1) is 13.6. The molecule has 0 bridgehead atoms. The number of amides is 1. The maximum Gasteiger partial charge on any atom is 0.341 e. The third-order valence-electron chi connectivity index (χ3n) is 5.74. The lowest BCUT2D eigenvalue weighted by Crippen LogP contribution is -2.42. The largest absolute Gasteiger partial charge is 0.482 e. The summed E-state index contributed by atoms with van der Waals surface area (Å²) in [5, 5.41) is 12.0. The average Bonchev–Trinajstić information content (AvgIpc) is 2.99. The van der Waals surface area contributed by atoms with Crippen LogP contribution in [0.4, 0.5) is 0 Å². The Labute approximate surface area is 163 Å². The van der Waals surface area contributed by atoms with Crippen molar-refractivity contribution >= 4 is 11.9 Å². The standard InChI is InChI=1S/C22H23NO5/c24-19(25)14-28-17-6-3-5-15(12-17)21(26)23-20-18-7-2-1-4-16(18)13-22(20)8-10-27-11-9-22/h1-7,12,20H,8-11,13-14H2,(H,23,26)(H,24,25)/t20-/m1/s1. The van der Waals surface area contributed by atoms with Crippen LogP contribution in [-0.2, 0) is 16.0 Å². The van der Waals surface area contributed by atoms with E-state index in [1.54, 1.807) is 24.3 Å². The van der Waals surface area contributed by atoms with Gasteiger partial charge in [-0.05, 0) is 48.6 Å². The molecule has 0 aromatic heterocycles. The van der Waals surface area contributed by atoms with Gasteiger partial charge in [0.25, 0.3) is 5.91 Å². The molecule has 0 unspecified atom stereocenters. The number of carbonyl (C=O) groups is 2. The van der Waals surface area contributed by atoms with Crippen LogP contribution in [0.25, 0.3) is 0 Å². The van der Waals surface area contributed by atoms with E-state index < -0.39 is 12.6 Å². The zero-order valence-corrected chi connectivity index (χ0v) is 15.5. The van der Waals surface area contributed by atoms with Crippen molar-refractivity contribution < 1.29 is 24.2 Å². The van der Waals surface area contributed by atoms with Crippen LogP contribution in [0.1, 0.15) is 40.4 Å². The summed E-state index contributed by atoms with van der Waals surface area (Å²) in [6.45, 7) is 0.974. The van der Waals surface area contributed by atoms with Gasteiger partial charge in [0, 0.05) is 24.2 Å². The zero-order chi connectivity index (χ0) is 19.6. The van der Waals surface area contributed by atoms with E-state index in [9.17, 15) is 9.59 Å². The van der Waals surface area contributed by atoms with E-state index in [1.807, 2.05) is 12.1 Å². The second-order valence-electron chi connectivity index (χ2n) is 7.47. The zero-order valence-electron chi connectivity index (χ0n) is 15.5. The van der Waals surface area contributed by atoms with Gasteiger partial charge in [-0.25, -0.2) is 4.79 Å². The molecular formula is C22H23NO5. The minimum absolute atomic E-state index is 0.0188. The predicted octanol–water partition coefficient (Wildman–Crippen LogP) is 2.97. The molecule has 0 saturated carbocycles. The van der Waals surface area contributed by atoms with Crippen LogP contribution in [0.15, 0.2) is 48.5 Å². The fraction of sp³-hybridized carbons (Fsp3) is 0.364. The Hall–Kier alpha value is -2.86. The molecule has 2 aromatic carbocycles. The van der Waals surface area contributed by atoms with E-state index in [0.717, 1.165) is 19.3 Å². The number of carboxylic acid groups (broad SMARTS) is 1. The quantitative estimate of drug-likeness (QED) is 0.832. The van der Waals surface area contributed by atoms with Crippen molar-refractivity contribution in [2.24, 2.45) is 5.41 Å². The predicted molar refractivity (Wildman–Crippen MR) is 102 cm³/mol. The Morgan fingerprint density at radius 3 is 2.71 bits per heavy atom. The van der Waals surface area contributed by atoms with Gasteiger partial charge < -0.3 is 19.9 Å². The molecule has 1 fully saturated rings. The van der Waals surface area contributed by atoms with Crippen molar-refractivity contribution in [3.05, 3.63) is 65.2 Å². The average molecular weight is 381 g/mol. The molecule has 1 saturated heterocycles. The van der Waals surface area contributed by atoms with Gasteiger partial charge in [-0.15, -0.1) is 0 Å². The maximum atomic E-state index is 13.0. The molecule has 1 aliphatic heterocycles. The van der Waals surface area contributed by atoms with Crippen LogP contribution in [0.5, 0.6) is 5.75 Å². The van der Waals surface area contributed by atoms with Crippen LogP contribution in [0.2, 0.25) is 0 Å². The fourth-order valence-electron chi connectivity index (χ4n) is 4.35. The van der Waals surface area contributed by atoms with Gasteiger partial charge in [0.2, 0.25) is 0 Å². The van der Waals surface area contributed by atoms with Crippen LogP contribution in [-0.4, -0.2) is 36.8 Å². The summed E-state index contributed by atoms with van der Waals surface area (Å²) in [5.41, 5.74) is 2.90. The highest BCUT2D eigenvalue weighted by Crippen LogP contribution is 2.51. The molecule has 1 spiro atoms. The van der Waals surface area contributed by atoms with E-state index in [-0.39, 0.29) is 17.4 Å². The number of carbonyl (C=O) groups excluding carboxylic acids is 1. The SMILES string of the molecule is O=C(O)COc1cccc(C(=O)N[C@@H]2c3ccccc3CC23CCOCC3)c1. The minimum Gasteiger partial charge on any atom is -0.482 e. The first kappa shape index (κ1) is 18.5. The highest BCUT2D eigenvalue weighted by atomic mass is 16.5. The molecular weight excluding hydrogens is 358 g/mol. The van der Waals surface area contributed by atoms with Gasteiger partial charge >= 0.3 is 5.97 Å². The molecule has 4 rings (SSSR count).